The van der Waals surface area contributed by atoms with Crippen LogP contribution in [0.15, 0.2) is 15.9 Å². The Labute approximate surface area is 122 Å². The van der Waals surface area contributed by atoms with Crippen molar-refractivity contribution in [1.82, 2.24) is 5.32 Å². The SMILES string of the molecule is CCC1CCC(O)(CNCc2cc(Br)cs2)CC1. The van der Waals surface area contributed by atoms with Crippen molar-refractivity contribution in [3.63, 3.8) is 0 Å². The van der Waals surface area contributed by atoms with E-state index in [4.69, 9.17) is 0 Å². The smallest absolute Gasteiger partial charge is 0.0771 e. The summed E-state index contributed by atoms with van der Waals surface area (Å²) in [5.74, 6) is 0.832. The van der Waals surface area contributed by atoms with Gasteiger partial charge in [-0.05, 0) is 53.6 Å². The minimum atomic E-state index is -0.472. The maximum atomic E-state index is 10.5. The van der Waals surface area contributed by atoms with Crippen LogP contribution in [-0.2, 0) is 6.54 Å². The monoisotopic (exact) mass is 331 g/mol. The highest BCUT2D eigenvalue weighted by atomic mass is 79.9. The number of rotatable bonds is 5. The molecule has 1 heterocycles. The van der Waals surface area contributed by atoms with Crippen molar-refractivity contribution in [2.24, 2.45) is 5.92 Å². The molecule has 18 heavy (non-hydrogen) atoms. The van der Waals surface area contributed by atoms with Crippen molar-refractivity contribution in [3.8, 4) is 0 Å². The summed E-state index contributed by atoms with van der Waals surface area (Å²) in [6, 6.07) is 2.13. The third kappa shape index (κ3) is 4.05. The highest BCUT2D eigenvalue weighted by Crippen LogP contribution is 2.33. The van der Waals surface area contributed by atoms with Gasteiger partial charge in [0.25, 0.3) is 0 Å². The summed E-state index contributed by atoms with van der Waals surface area (Å²) < 4.78 is 1.14. The molecule has 0 radical (unpaired) electrons. The van der Waals surface area contributed by atoms with E-state index in [9.17, 15) is 5.11 Å². The quantitative estimate of drug-likeness (QED) is 0.856. The number of halogens is 1. The molecule has 0 aliphatic heterocycles. The normalized spacial score (nSPS) is 28.5. The third-order valence-electron chi connectivity index (χ3n) is 3.99. The lowest BCUT2D eigenvalue weighted by molar-refractivity contribution is -0.00876. The molecule has 0 unspecified atom stereocenters. The van der Waals surface area contributed by atoms with Crippen molar-refractivity contribution in [2.45, 2.75) is 51.2 Å². The first-order chi connectivity index (χ1) is 8.61. The van der Waals surface area contributed by atoms with Gasteiger partial charge in [0, 0.05) is 27.8 Å². The molecule has 0 amide bonds. The lowest BCUT2D eigenvalue weighted by Crippen LogP contribution is -2.43. The van der Waals surface area contributed by atoms with E-state index in [1.165, 1.54) is 24.1 Å². The second-order valence-corrected chi connectivity index (χ2v) is 7.32. The van der Waals surface area contributed by atoms with Gasteiger partial charge >= 0.3 is 0 Å². The fourth-order valence-electron chi connectivity index (χ4n) is 2.66. The minimum Gasteiger partial charge on any atom is -0.389 e. The van der Waals surface area contributed by atoms with E-state index in [0.29, 0.717) is 0 Å². The highest BCUT2D eigenvalue weighted by molar-refractivity contribution is 9.10. The first kappa shape index (κ1) is 14.5. The van der Waals surface area contributed by atoms with Crippen molar-refractivity contribution in [2.75, 3.05) is 6.54 Å². The molecule has 2 nitrogen and oxygen atoms in total. The number of nitrogens with one attached hydrogen (secondary N) is 1. The van der Waals surface area contributed by atoms with Crippen molar-refractivity contribution < 1.29 is 5.11 Å². The largest absolute Gasteiger partial charge is 0.389 e. The Balaban J connectivity index is 1.73. The summed E-state index contributed by atoms with van der Waals surface area (Å²) in [5.41, 5.74) is -0.472. The fourth-order valence-corrected chi connectivity index (χ4v) is 4.09. The van der Waals surface area contributed by atoms with E-state index in [-0.39, 0.29) is 0 Å². The molecule has 0 aromatic carbocycles. The van der Waals surface area contributed by atoms with Gasteiger partial charge in [0.15, 0.2) is 0 Å². The second-order valence-electron chi connectivity index (χ2n) is 5.41. The predicted octanol–water partition coefficient (Wildman–Crippen LogP) is 3.93. The molecule has 0 atom stereocenters. The second kappa shape index (κ2) is 6.51. The van der Waals surface area contributed by atoms with Crippen LogP contribution in [0.4, 0.5) is 0 Å². The molecule has 1 aliphatic rings. The van der Waals surface area contributed by atoms with Crippen molar-refractivity contribution in [1.29, 1.82) is 0 Å². The van der Waals surface area contributed by atoms with Crippen LogP contribution in [0, 0.1) is 5.92 Å². The summed E-state index contributed by atoms with van der Waals surface area (Å²) in [6.07, 6.45) is 5.52. The summed E-state index contributed by atoms with van der Waals surface area (Å²) in [6.45, 7) is 3.83. The van der Waals surface area contributed by atoms with Gasteiger partial charge in [-0.3, -0.25) is 0 Å². The van der Waals surface area contributed by atoms with Crippen LogP contribution < -0.4 is 5.32 Å². The Morgan fingerprint density at radius 1 is 1.50 bits per heavy atom. The summed E-state index contributed by atoms with van der Waals surface area (Å²) in [4.78, 5) is 1.31. The highest BCUT2D eigenvalue weighted by Gasteiger charge is 2.31. The maximum Gasteiger partial charge on any atom is 0.0771 e. The number of thiophene rings is 1. The molecule has 2 rings (SSSR count). The Hall–Kier alpha value is 0.1000. The Kier molecular flexibility index (Phi) is 5.24. The first-order valence-corrected chi connectivity index (χ1v) is 8.44. The summed E-state index contributed by atoms with van der Waals surface area (Å²) in [5, 5.41) is 16.0. The lowest BCUT2D eigenvalue weighted by atomic mass is 9.78. The Bertz CT molecular complexity index is 372. The molecule has 1 aromatic heterocycles. The van der Waals surface area contributed by atoms with E-state index in [1.54, 1.807) is 11.3 Å². The molecule has 0 bridgehead atoms. The van der Waals surface area contributed by atoms with Crippen molar-refractivity contribution >= 4 is 27.3 Å². The molecule has 1 aliphatic carbocycles. The zero-order chi connectivity index (χ0) is 13.0. The van der Waals surface area contributed by atoms with E-state index < -0.39 is 5.60 Å². The molecular formula is C14H22BrNOS. The number of aliphatic hydroxyl groups is 1. The molecular weight excluding hydrogens is 310 g/mol. The van der Waals surface area contributed by atoms with Gasteiger partial charge in [-0.2, -0.15) is 0 Å². The molecule has 0 spiro atoms. The van der Waals surface area contributed by atoms with Crippen LogP contribution in [0.1, 0.15) is 43.9 Å². The van der Waals surface area contributed by atoms with Crippen LogP contribution in [-0.4, -0.2) is 17.3 Å². The van der Waals surface area contributed by atoms with E-state index in [1.807, 2.05) is 0 Å². The third-order valence-corrected chi connectivity index (χ3v) is 5.69. The predicted molar refractivity (Wildman–Crippen MR) is 80.9 cm³/mol. The Morgan fingerprint density at radius 2 is 2.22 bits per heavy atom. The number of hydrogen-bond acceptors (Lipinski definition) is 3. The molecule has 2 N–H and O–H groups in total. The zero-order valence-corrected chi connectivity index (χ0v) is 13.3. The summed E-state index contributed by atoms with van der Waals surface area (Å²) >= 11 is 5.21. The molecule has 102 valence electrons. The molecule has 1 saturated carbocycles. The average molecular weight is 332 g/mol. The van der Waals surface area contributed by atoms with Gasteiger partial charge in [-0.15, -0.1) is 11.3 Å². The molecule has 0 saturated heterocycles. The standard InChI is InChI=1S/C14H22BrNOS/c1-2-11-3-5-14(17,6-4-11)10-16-8-13-7-12(15)9-18-13/h7,9,11,16-17H,2-6,8,10H2,1H3. The fraction of sp³-hybridized carbons (Fsp3) is 0.714. The lowest BCUT2D eigenvalue weighted by Gasteiger charge is -2.36. The van der Waals surface area contributed by atoms with Gasteiger partial charge in [-0.25, -0.2) is 0 Å². The zero-order valence-electron chi connectivity index (χ0n) is 10.9. The van der Waals surface area contributed by atoms with Crippen LogP contribution >= 0.6 is 27.3 Å². The maximum absolute atomic E-state index is 10.5. The van der Waals surface area contributed by atoms with E-state index >= 15 is 0 Å². The first-order valence-electron chi connectivity index (χ1n) is 6.77. The van der Waals surface area contributed by atoms with Gasteiger partial charge < -0.3 is 10.4 Å². The van der Waals surface area contributed by atoms with Crippen LogP contribution in [0.25, 0.3) is 0 Å². The van der Waals surface area contributed by atoms with Crippen molar-refractivity contribution in [3.05, 3.63) is 20.8 Å². The minimum absolute atomic E-state index is 0.472. The molecule has 1 aromatic rings. The number of hydrogen-bond donors (Lipinski definition) is 2. The Morgan fingerprint density at radius 3 is 2.78 bits per heavy atom. The summed E-state index contributed by atoms with van der Waals surface area (Å²) in [7, 11) is 0. The molecule has 4 heteroatoms. The van der Waals surface area contributed by atoms with Crippen LogP contribution in [0.3, 0.4) is 0 Å². The van der Waals surface area contributed by atoms with E-state index in [2.05, 4.69) is 39.6 Å². The van der Waals surface area contributed by atoms with Crippen LogP contribution in [0.2, 0.25) is 0 Å². The topological polar surface area (TPSA) is 32.3 Å². The average Bonchev–Trinajstić information content (AvgIpc) is 2.76. The van der Waals surface area contributed by atoms with E-state index in [0.717, 1.165) is 36.3 Å². The van der Waals surface area contributed by atoms with Crippen LogP contribution in [0.5, 0.6) is 0 Å². The van der Waals surface area contributed by atoms with Gasteiger partial charge in [-0.1, -0.05) is 13.3 Å². The van der Waals surface area contributed by atoms with Gasteiger partial charge in [0.05, 0.1) is 5.60 Å². The molecule has 1 fully saturated rings. The van der Waals surface area contributed by atoms with Gasteiger partial charge in [0.1, 0.15) is 0 Å². The van der Waals surface area contributed by atoms with Gasteiger partial charge in [0.2, 0.25) is 0 Å².